The number of fused-ring (bicyclic) bond motifs is 1. The average molecular weight is 357 g/mol. The van der Waals surface area contributed by atoms with E-state index < -0.39 is 0 Å². The number of benzene rings is 2. The number of aromatic nitrogens is 2. The Morgan fingerprint density at radius 1 is 0.963 bits per heavy atom. The van der Waals surface area contributed by atoms with Gasteiger partial charge in [0.05, 0.1) is 12.3 Å². The van der Waals surface area contributed by atoms with E-state index in [-0.39, 0.29) is 12.5 Å². The van der Waals surface area contributed by atoms with Gasteiger partial charge in [-0.3, -0.25) is 4.79 Å². The maximum Gasteiger partial charge on any atom is 0.250 e. The molecule has 0 aliphatic carbocycles. The molecule has 0 atom stereocenters. The molecule has 1 N–H and O–H groups in total. The molecule has 0 spiro atoms. The van der Waals surface area contributed by atoms with Crippen LogP contribution in [0.25, 0.3) is 16.9 Å². The molecular weight excluding hydrogens is 338 g/mol. The number of pyridine rings is 1. The first kappa shape index (κ1) is 17.0. The molecule has 27 heavy (non-hydrogen) atoms. The second-order valence-electron chi connectivity index (χ2n) is 6.20. The third-order valence-corrected chi connectivity index (χ3v) is 4.17. The van der Waals surface area contributed by atoms with Gasteiger partial charge in [-0.05, 0) is 29.8 Å². The molecule has 5 nitrogen and oxygen atoms in total. The summed E-state index contributed by atoms with van der Waals surface area (Å²) in [6.07, 6.45) is 3.95. The van der Waals surface area contributed by atoms with Crippen LogP contribution in [0.1, 0.15) is 5.56 Å². The summed E-state index contributed by atoms with van der Waals surface area (Å²) in [6, 6.07) is 23.3. The van der Waals surface area contributed by atoms with Crippen LogP contribution in [-0.4, -0.2) is 21.9 Å². The van der Waals surface area contributed by atoms with Crippen molar-refractivity contribution in [1.29, 1.82) is 0 Å². The second kappa shape index (κ2) is 7.85. The van der Waals surface area contributed by atoms with Crippen molar-refractivity contribution in [2.24, 2.45) is 0 Å². The Labute approximate surface area is 157 Å². The molecule has 0 fully saturated rings. The number of rotatable bonds is 6. The molecule has 0 aliphatic heterocycles. The van der Waals surface area contributed by atoms with Crippen molar-refractivity contribution < 1.29 is 9.53 Å². The van der Waals surface area contributed by atoms with Crippen LogP contribution in [0.4, 0.5) is 5.69 Å². The van der Waals surface area contributed by atoms with E-state index in [9.17, 15) is 4.79 Å². The topological polar surface area (TPSA) is 55.6 Å². The van der Waals surface area contributed by atoms with Crippen molar-refractivity contribution in [2.45, 2.75) is 6.61 Å². The van der Waals surface area contributed by atoms with Gasteiger partial charge in [-0.2, -0.15) is 0 Å². The lowest BCUT2D eigenvalue weighted by Crippen LogP contribution is -2.18. The van der Waals surface area contributed by atoms with E-state index in [0.717, 1.165) is 28.2 Å². The quantitative estimate of drug-likeness (QED) is 0.564. The lowest BCUT2D eigenvalue weighted by atomic mass is 10.1. The Bertz CT molecular complexity index is 1010. The molecule has 5 heteroatoms. The summed E-state index contributed by atoms with van der Waals surface area (Å²) in [5, 5.41) is 2.84. The van der Waals surface area contributed by atoms with Crippen LogP contribution in [0.5, 0.6) is 0 Å². The smallest absolute Gasteiger partial charge is 0.250 e. The number of ether oxygens (including phenoxy) is 1. The molecular formula is C22H19N3O2. The van der Waals surface area contributed by atoms with Crippen LogP contribution in [0.2, 0.25) is 0 Å². The minimum atomic E-state index is -0.175. The first-order valence-corrected chi connectivity index (χ1v) is 8.74. The molecule has 2 aromatic heterocycles. The van der Waals surface area contributed by atoms with Crippen molar-refractivity contribution in [2.75, 3.05) is 11.9 Å². The summed E-state index contributed by atoms with van der Waals surface area (Å²) < 4.78 is 7.44. The molecule has 134 valence electrons. The fourth-order valence-electron chi connectivity index (χ4n) is 2.83. The van der Waals surface area contributed by atoms with Gasteiger partial charge in [0, 0.05) is 23.6 Å². The Kier molecular flexibility index (Phi) is 4.94. The fraction of sp³-hybridized carbons (Fsp3) is 0.0909. The molecule has 0 radical (unpaired) electrons. The van der Waals surface area contributed by atoms with Gasteiger partial charge in [-0.15, -0.1) is 0 Å². The molecule has 2 heterocycles. The zero-order valence-electron chi connectivity index (χ0n) is 14.7. The van der Waals surface area contributed by atoms with Gasteiger partial charge in [0.1, 0.15) is 12.3 Å². The van der Waals surface area contributed by atoms with E-state index in [4.69, 9.17) is 4.74 Å². The highest BCUT2D eigenvalue weighted by molar-refractivity contribution is 5.91. The predicted octanol–water partition coefficient (Wildman–Crippen LogP) is 4.16. The first-order valence-electron chi connectivity index (χ1n) is 8.74. The Morgan fingerprint density at radius 2 is 1.74 bits per heavy atom. The third-order valence-electron chi connectivity index (χ3n) is 4.17. The predicted molar refractivity (Wildman–Crippen MR) is 105 cm³/mol. The molecule has 2 aromatic carbocycles. The SMILES string of the molecule is O=C(COCc1ccccc1)Nc1ccc(-c2cn3ccccc3n2)cc1. The van der Waals surface area contributed by atoms with Crippen molar-refractivity contribution in [3.63, 3.8) is 0 Å². The molecule has 0 unspecified atom stereocenters. The lowest BCUT2D eigenvalue weighted by Gasteiger charge is -2.07. The van der Waals surface area contributed by atoms with Crippen molar-refractivity contribution >= 4 is 17.2 Å². The molecule has 0 bridgehead atoms. The lowest BCUT2D eigenvalue weighted by molar-refractivity contribution is -0.121. The summed E-state index contributed by atoms with van der Waals surface area (Å²) in [5.74, 6) is -0.175. The first-order chi connectivity index (χ1) is 13.3. The summed E-state index contributed by atoms with van der Waals surface area (Å²) >= 11 is 0. The highest BCUT2D eigenvalue weighted by Gasteiger charge is 2.06. The highest BCUT2D eigenvalue weighted by atomic mass is 16.5. The number of amides is 1. The van der Waals surface area contributed by atoms with Crippen LogP contribution in [-0.2, 0) is 16.1 Å². The number of carbonyl (C=O) groups excluding carboxylic acids is 1. The third kappa shape index (κ3) is 4.22. The number of anilines is 1. The Balaban J connectivity index is 1.34. The number of imidazole rings is 1. The molecule has 1 amide bonds. The van der Waals surface area contributed by atoms with E-state index in [2.05, 4.69) is 10.3 Å². The van der Waals surface area contributed by atoms with Crippen molar-refractivity contribution in [3.8, 4) is 11.3 Å². The zero-order valence-corrected chi connectivity index (χ0v) is 14.7. The number of hydrogen-bond donors (Lipinski definition) is 1. The monoisotopic (exact) mass is 357 g/mol. The maximum atomic E-state index is 12.0. The standard InChI is InChI=1S/C22H19N3O2/c26-22(16-27-15-17-6-2-1-3-7-17)23-19-11-9-18(10-12-19)20-14-25-13-5-4-8-21(25)24-20/h1-14H,15-16H2,(H,23,26). The molecule has 4 aromatic rings. The van der Waals surface area contributed by atoms with Gasteiger partial charge in [0.25, 0.3) is 0 Å². The normalized spacial score (nSPS) is 10.8. The van der Waals surface area contributed by atoms with Crippen LogP contribution in [0.15, 0.2) is 85.2 Å². The van der Waals surface area contributed by atoms with Gasteiger partial charge >= 0.3 is 0 Å². The van der Waals surface area contributed by atoms with Crippen LogP contribution >= 0.6 is 0 Å². The second-order valence-corrected chi connectivity index (χ2v) is 6.20. The average Bonchev–Trinajstić information content (AvgIpc) is 3.13. The van der Waals surface area contributed by atoms with Crippen LogP contribution in [0, 0.1) is 0 Å². The maximum absolute atomic E-state index is 12.0. The Hall–Kier alpha value is -3.44. The van der Waals surface area contributed by atoms with Crippen molar-refractivity contribution in [3.05, 3.63) is 90.8 Å². The van der Waals surface area contributed by atoms with Gasteiger partial charge in [0.2, 0.25) is 5.91 Å². The molecule has 0 saturated carbocycles. The van der Waals surface area contributed by atoms with Gasteiger partial charge in [-0.1, -0.05) is 48.5 Å². The van der Waals surface area contributed by atoms with E-state index >= 15 is 0 Å². The van der Waals surface area contributed by atoms with E-state index in [0.29, 0.717) is 6.61 Å². The number of nitrogens with one attached hydrogen (secondary N) is 1. The van der Waals surface area contributed by atoms with E-state index in [1.165, 1.54) is 0 Å². The summed E-state index contributed by atoms with van der Waals surface area (Å²) in [4.78, 5) is 16.6. The van der Waals surface area contributed by atoms with Gasteiger partial charge < -0.3 is 14.5 Å². The fourth-order valence-corrected chi connectivity index (χ4v) is 2.83. The zero-order chi connectivity index (χ0) is 18.5. The highest BCUT2D eigenvalue weighted by Crippen LogP contribution is 2.21. The Morgan fingerprint density at radius 3 is 2.52 bits per heavy atom. The number of hydrogen-bond acceptors (Lipinski definition) is 3. The molecule has 4 rings (SSSR count). The summed E-state index contributed by atoms with van der Waals surface area (Å²) in [7, 11) is 0. The molecule has 0 aliphatic rings. The van der Waals surface area contributed by atoms with E-state index in [1.807, 2.05) is 89.6 Å². The minimum Gasteiger partial charge on any atom is -0.367 e. The van der Waals surface area contributed by atoms with Gasteiger partial charge in [0.15, 0.2) is 0 Å². The van der Waals surface area contributed by atoms with Crippen LogP contribution < -0.4 is 5.32 Å². The summed E-state index contributed by atoms with van der Waals surface area (Å²) in [5.41, 5.74) is 4.57. The van der Waals surface area contributed by atoms with Gasteiger partial charge in [-0.25, -0.2) is 4.98 Å². The van der Waals surface area contributed by atoms with Crippen molar-refractivity contribution in [1.82, 2.24) is 9.38 Å². The minimum absolute atomic E-state index is 0.0169. The van der Waals surface area contributed by atoms with Crippen LogP contribution in [0.3, 0.4) is 0 Å². The summed E-state index contributed by atoms with van der Waals surface area (Å²) in [6.45, 7) is 0.435. The van der Waals surface area contributed by atoms with E-state index in [1.54, 1.807) is 0 Å². The number of carbonyl (C=O) groups is 1. The molecule has 0 saturated heterocycles. The largest absolute Gasteiger partial charge is 0.367 e. The number of nitrogens with zero attached hydrogens (tertiary/aromatic N) is 2.